The van der Waals surface area contributed by atoms with Crippen LogP contribution in [0.4, 0.5) is 30.2 Å². The number of nitrogens with one attached hydrogen (secondary N) is 6. The molecule has 90 heavy (non-hydrogen) atoms. The van der Waals surface area contributed by atoms with Gasteiger partial charge >= 0.3 is 6.18 Å². The molecule has 12 heterocycles. The normalized spacial score (nSPS) is 16.4. The highest BCUT2D eigenvalue weighted by atomic mass is 32.1. The Morgan fingerprint density at radius 2 is 1.21 bits per heavy atom. The van der Waals surface area contributed by atoms with E-state index >= 15 is 0 Å². The van der Waals surface area contributed by atoms with Gasteiger partial charge in [-0.2, -0.15) is 43.8 Å². The van der Waals surface area contributed by atoms with Crippen LogP contribution in [0.15, 0.2) is 115 Å². The lowest BCUT2D eigenvalue weighted by molar-refractivity contribution is -0.142. The Balaban J connectivity index is 0.613. The quantitative estimate of drug-likeness (QED) is 0.0390. The first-order valence-electron chi connectivity index (χ1n) is 27.7. The summed E-state index contributed by atoms with van der Waals surface area (Å²) in [4.78, 5) is 76.7. The first-order chi connectivity index (χ1) is 43.7. The number of nitrogens with zero attached hydrogens (tertiary/aromatic N) is 17. The molecule has 0 aromatic carbocycles. The zero-order chi connectivity index (χ0) is 61.5. The van der Waals surface area contributed by atoms with Crippen LogP contribution in [0.3, 0.4) is 0 Å². The summed E-state index contributed by atoms with van der Waals surface area (Å²) in [6.07, 6.45) is 18.8. The summed E-state index contributed by atoms with van der Waals surface area (Å²) in [5.41, 5.74) is 6.38. The fourth-order valence-corrected chi connectivity index (χ4v) is 12.4. The molecule has 34 heteroatoms. The van der Waals surface area contributed by atoms with Gasteiger partial charge in [0, 0.05) is 102 Å². The van der Waals surface area contributed by atoms with Crippen LogP contribution in [0.25, 0.3) is 66.0 Å². The second-order valence-electron chi connectivity index (χ2n) is 20.9. The molecule has 3 amide bonds. The third-order valence-corrected chi connectivity index (χ3v) is 17.3. The molecule has 12 aromatic rings. The van der Waals surface area contributed by atoms with Crippen molar-refractivity contribution in [3.63, 3.8) is 0 Å². The zero-order valence-corrected chi connectivity index (χ0v) is 49.2. The second-order valence-corrected chi connectivity index (χ2v) is 23.4. The van der Waals surface area contributed by atoms with Crippen molar-refractivity contribution in [3.8, 4) is 71.8 Å². The highest BCUT2D eigenvalue weighted by Gasteiger charge is 2.36. The molecule has 0 unspecified atom stereocenters. The van der Waals surface area contributed by atoms with Gasteiger partial charge in [0.05, 0.1) is 89.3 Å². The van der Waals surface area contributed by atoms with Crippen LogP contribution in [0, 0.1) is 6.92 Å². The largest absolute Gasteiger partial charge is 0.489 e. The number of alkyl halides is 3. The number of thiazole rings is 3. The summed E-state index contributed by atoms with van der Waals surface area (Å²) >= 11 is 3.86. The van der Waals surface area contributed by atoms with E-state index in [0.29, 0.717) is 110 Å². The zero-order valence-electron chi connectivity index (χ0n) is 46.7. The average molecular weight is 1270 g/mol. The molecule has 2 aliphatic rings. The van der Waals surface area contributed by atoms with Crippen LogP contribution in [0.2, 0.25) is 0 Å². The summed E-state index contributed by atoms with van der Waals surface area (Å²) in [6, 6.07) is 4.73. The van der Waals surface area contributed by atoms with Gasteiger partial charge in [-0.25, -0.2) is 24.9 Å². The summed E-state index contributed by atoms with van der Waals surface area (Å²) < 4.78 is 57.5. The van der Waals surface area contributed by atoms with E-state index in [1.54, 1.807) is 114 Å². The molecule has 2 saturated carbocycles. The molecule has 0 radical (unpaired) electrons. The van der Waals surface area contributed by atoms with Gasteiger partial charge in [0.2, 0.25) is 0 Å². The van der Waals surface area contributed by atoms with Crippen molar-refractivity contribution in [2.75, 3.05) is 22.6 Å². The molecule has 454 valence electrons. The number of hydrogen-bond acceptors (Lipinski definition) is 22. The van der Waals surface area contributed by atoms with Crippen molar-refractivity contribution < 1.29 is 37.0 Å². The van der Waals surface area contributed by atoms with Gasteiger partial charge in [0.15, 0.2) is 11.5 Å². The van der Waals surface area contributed by atoms with Gasteiger partial charge in [-0.05, 0) is 38.0 Å². The second kappa shape index (κ2) is 24.2. The van der Waals surface area contributed by atoms with E-state index < -0.39 is 30.4 Å². The number of carbonyl (C=O) groups excluding carboxylic acids is 3. The molecule has 6 N–H and O–H groups in total. The number of halogens is 3. The first-order valence-corrected chi connectivity index (χ1v) is 30.3. The monoisotopic (exact) mass is 1270 g/mol. The summed E-state index contributed by atoms with van der Waals surface area (Å²) in [7, 11) is 0. The van der Waals surface area contributed by atoms with Crippen molar-refractivity contribution >= 4 is 68.8 Å². The van der Waals surface area contributed by atoms with E-state index in [-0.39, 0.29) is 58.4 Å². The maximum atomic E-state index is 13.8. The minimum absolute atomic E-state index is 0.00152. The highest BCUT2D eigenvalue weighted by molar-refractivity contribution is 7.14. The molecular formula is C56H46F3N23O5S3. The van der Waals surface area contributed by atoms with Crippen LogP contribution in [0.1, 0.15) is 80.6 Å². The molecule has 0 spiro atoms. The molecule has 28 nitrogen and oxygen atoms in total. The van der Waals surface area contributed by atoms with Gasteiger partial charge in [-0.3, -0.25) is 58.7 Å². The number of hydrogen-bond donors (Lipinski definition) is 6. The highest BCUT2D eigenvalue weighted by Crippen LogP contribution is 2.40. The predicted molar refractivity (Wildman–Crippen MR) is 320 cm³/mol. The fraction of sp³-hybridized carbons (Fsp3) is 0.232. The Morgan fingerprint density at radius 1 is 0.633 bits per heavy atom. The molecule has 14 rings (SSSR count). The van der Waals surface area contributed by atoms with E-state index in [4.69, 9.17) is 29.6 Å². The topological polar surface area (TPSA) is 348 Å². The maximum absolute atomic E-state index is 13.8. The van der Waals surface area contributed by atoms with Gasteiger partial charge in [-0.15, -0.1) is 34.0 Å². The minimum atomic E-state index is -4.59. The van der Waals surface area contributed by atoms with Crippen molar-refractivity contribution in [1.29, 1.82) is 0 Å². The Kier molecular flexibility index (Phi) is 15.4. The number of amides is 3. The van der Waals surface area contributed by atoms with E-state index in [0.717, 1.165) is 22.9 Å². The lowest BCUT2D eigenvalue weighted by Crippen LogP contribution is -2.35. The average Bonchev–Trinajstić information content (AvgIpc) is 1.70. The molecule has 0 bridgehead atoms. The molecule has 2 fully saturated rings. The van der Waals surface area contributed by atoms with Gasteiger partial charge in [-0.1, -0.05) is 0 Å². The van der Waals surface area contributed by atoms with E-state index in [9.17, 15) is 27.6 Å². The number of ether oxygens (including phenoxy) is 2. The lowest BCUT2D eigenvalue weighted by Gasteiger charge is -2.35. The molecule has 0 atom stereocenters. The van der Waals surface area contributed by atoms with Crippen LogP contribution in [-0.4, -0.2) is 143 Å². The third kappa shape index (κ3) is 12.3. The first kappa shape index (κ1) is 57.2. The van der Waals surface area contributed by atoms with Gasteiger partial charge in [0.25, 0.3) is 17.7 Å². The number of carbonyl (C=O) groups is 3. The standard InChI is InChI=1S/C56H46F3N23O5S3/c1-28-37(19-69-76-28)55-75-45(26-90-55)52(85)70-40-21-80(27-56(57,58)59)77-46(40)38-4-3-34(18-64-38)87-36-11-33(12-36)81-22-41(71-50(83)43-24-88-53(73-43)29-13-65-66-14-29)47(78-81)39-20-62-31(17-63-39)5-8-86-35-9-32(10-35)82-23-42(48(79-82)49-60-6-2-7-61-49)72-51(84)44-25-89-54(74-44)30-15-67-68-16-30/h2-4,6-7,13-26,32-33,35-36H,5,8-12,27H2,1H3,(H,65,66)(H,67,68)(H,69,76)(H,70,85)(H,71,83)(H,72,84). The number of H-pyrrole nitrogens is 3. The lowest BCUT2D eigenvalue weighted by atomic mass is 9.89. The summed E-state index contributed by atoms with van der Waals surface area (Å²) in [6.45, 7) is 0.772. The number of aromatic amines is 3. The van der Waals surface area contributed by atoms with Gasteiger partial charge < -0.3 is 25.4 Å². The van der Waals surface area contributed by atoms with E-state index in [1.165, 1.54) is 40.2 Å². The van der Waals surface area contributed by atoms with Crippen molar-refractivity contribution in [2.45, 2.75) is 76.0 Å². The summed E-state index contributed by atoms with van der Waals surface area (Å²) in [5.74, 6) is -0.742. The molecule has 2 aliphatic carbocycles. The van der Waals surface area contributed by atoms with Crippen molar-refractivity contribution in [2.24, 2.45) is 0 Å². The number of rotatable bonds is 21. The molecule has 0 saturated heterocycles. The van der Waals surface area contributed by atoms with Crippen molar-refractivity contribution in [3.05, 3.63) is 143 Å². The van der Waals surface area contributed by atoms with Crippen LogP contribution < -0.4 is 20.7 Å². The minimum Gasteiger partial charge on any atom is -0.489 e. The predicted octanol–water partition coefficient (Wildman–Crippen LogP) is 9.16. The van der Waals surface area contributed by atoms with Crippen LogP contribution in [-0.2, 0) is 17.7 Å². The number of aromatic nitrogens is 20. The van der Waals surface area contributed by atoms with Crippen molar-refractivity contribution in [1.82, 2.24) is 99.8 Å². The summed E-state index contributed by atoms with van der Waals surface area (Å²) in [5, 5.41) is 49.5. The molecular weight excluding hydrogens is 1230 g/mol. The number of anilines is 3. The molecule has 12 aromatic heterocycles. The molecule has 0 aliphatic heterocycles. The Labute approximate surface area is 516 Å². The number of aryl methyl sites for hydroxylation is 1. The van der Waals surface area contributed by atoms with E-state index in [1.807, 2.05) is 4.68 Å². The Bertz CT molecular complexity index is 4510. The SMILES string of the molecule is Cc1n[nH]cc1-c1nc(C(=O)Nc2cn(CC(F)(F)F)nc2-c2ccc(OC3CC(n4cc(NC(=O)c5csc(-c6cn[nH]c6)n5)c(-c5cnc(CCOC6CC(n7cc(NC(=O)c8csc(-c9cn[nH]c9)n8)c(-c8ncccn8)n7)C6)cn5)n4)C3)cn2)cs1. The van der Waals surface area contributed by atoms with E-state index in [2.05, 4.69) is 81.5 Å². The Morgan fingerprint density at radius 3 is 1.78 bits per heavy atom. The Hall–Kier alpha value is -10.6. The fourth-order valence-electron chi connectivity index (χ4n) is 9.93. The number of pyridine rings is 1. The maximum Gasteiger partial charge on any atom is 0.408 e. The van der Waals surface area contributed by atoms with Crippen LogP contribution in [0.5, 0.6) is 5.75 Å². The third-order valence-electron chi connectivity index (χ3n) is 14.7. The smallest absolute Gasteiger partial charge is 0.408 e. The van der Waals surface area contributed by atoms with Crippen LogP contribution >= 0.6 is 34.0 Å². The van der Waals surface area contributed by atoms with Gasteiger partial charge in [0.1, 0.15) is 67.6 Å².